The van der Waals surface area contributed by atoms with E-state index in [0.717, 1.165) is 5.56 Å². The van der Waals surface area contributed by atoms with Gasteiger partial charge in [-0.15, -0.1) is 6.58 Å². The van der Waals surface area contributed by atoms with E-state index in [1.165, 1.54) is 4.31 Å². The minimum Gasteiger partial charge on any atom is -0.497 e. The summed E-state index contributed by atoms with van der Waals surface area (Å²) in [5.74, 6) is 0.380. The maximum absolute atomic E-state index is 13.4. The largest absolute Gasteiger partial charge is 0.497 e. The summed E-state index contributed by atoms with van der Waals surface area (Å²) in [5, 5.41) is 2.67. The molecule has 0 aromatic heterocycles. The molecular formula is C21H26N2O4S. The number of carbonyl (C=O) groups excluding carboxylic acids is 1. The Balaban J connectivity index is 2.40. The van der Waals surface area contributed by atoms with Gasteiger partial charge in [-0.05, 0) is 49.7 Å². The van der Waals surface area contributed by atoms with Crippen LogP contribution in [0.3, 0.4) is 0 Å². The predicted octanol–water partition coefficient (Wildman–Crippen LogP) is 3.20. The van der Waals surface area contributed by atoms with Crippen LogP contribution in [0.2, 0.25) is 0 Å². The van der Waals surface area contributed by atoms with Gasteiger partial charge in [-0.2, -0.15) is 0 Å². The van der Waals surface area contributed by atoms with Crippen LogP contribution in [-0.2, 0) is 14.8 Å². The van der Waals surface area contributed by atoms with Crippen LogP contribution in [0.25, 0.3) is 0 Å². The Hall–Kier alpha value is -2.80. The molecule has 0 radical (unpaired) electrons. The number of benzene rings is 2. The lowest BCUT2D eigenvalue weighted by Gasteiger charge is -2.25. The standard InChI is InChI=1S/C21H26N2O4S/c1-5-13-22-21(24)12-14-23(18-7-9-19(27-4)10-8-18)28(25,26)20-11-6-16(2)15-17(20)3/h5-11,15H,1,12-14H2,2-4H3,(H,22,24). The molecule has 0 spiro atoms. The Morgan fingerprint density at radius 1 is 1.18 bits per heavy atom. The second-order valence-electron chi connectivity index (χ2n) is 6.39. The fourth-order valence-electron chi connectivity index (χ4n) is 2.82. The summed E-state index contributed by atoms with van der Waals surface area (Å²) in [5.41, 5.74) is 2.11. The lowest BCUT2D eigenvalue weighted by atomic mass is 10.2. The number of nitrogens with one attached hydrogen (secondary N) is 1. The molecule has 6 nitrogen and oxygen atoms in total. The first kappa shape index (κ1) is 21.5. The van der Waals surface area contributed by atoms with Crippen LogP contribution in [0.4, 0.5) is 5.69 Å². The smallest absolute Gasteiger partial charge is 0.264 e. The van der Waals surface area contributed by atoms with Crippen molar-refractivity contribution in [2.24, 2.45) is 0 Å². The molecule has 0 aliphatic carbocycles. The van der Waals surface area contributed by atoms with Gasteiger partial charge in [0.15, 0.2) is 0 Å². The first-order valence-electron chi connectivity index (χ1n) is 8.91. The Morgan fingerprint density at radius 2 is 1.86 bits per heavy atom. The average Bonchev–Trinajstić information content (AvgIpc) is 2.66. The highest BCUT2D eigenvalue weighted by Gasteiger charge is 2.27. The fourth-order valence-corrected chi connectivity index (χ4v) is 4.50. The van der Waals surface area contributed by atoms with Crippen molar-refractivity contribution in [3.63, 3.8) is 0 Å². The van der Waals surface area contributed by atoms with Crippen LogP contribution in [0.15, 0.2) is 60.0 Å². The van der Waals surface area contributed by atoms with Crippen molar-refractivity contribution in [3.05, 3.63) is 66.2 Å². The number of hydrogen-bond acceptors (Lipinski definition) is 4. The monoisotopic (exact) mass is 402 g/mol. The molecule has 28 heavy (non-hydrogen) atoms. The van der Waals surface area contributed by atoms with Crippen LogP contribution >= 0.6 is 0 Å². The number of methoxy groups -OCH3 is 1. The van der Waals surface area contributed by atoms with Crippen LogP contribution in [0.1, 0.15) is 17.5 Å². The second-order valence-corrected chi connectivity index (χ2v) is 8.22. The molecule has 0 unspecified atom stereocenters. The molecule has 0 fully saturated rings. The molecule has 1 amide bonds. The van der Waals surface area contributed by atoms with Gasteiger partial charge in [-0.25, -0.2) is 8.42 Å². The minimum atomic E-state index is -3.84. The topological polar surface area (TPSA) is 75.7 Å². The van der Waals surface area contributed by atoms with Gasteiger partial charge in [0.2, 0.25) is 5.91 Å². The predicted molar refractivity (Wildman–Crippen MR) is 111 cm³/mol. The summed E-state index contributed by atoms with van der Waals surface area (Å²) in [7, 11) is -2.30. The summed E-state index contributed by atoms with van der Waals surface area (Å²) in [4.78, 5) is 12.2. The quantitative estimate of drug-likeness (QED) is 0.654. The number of rotatable bonds is 9. The van der Waals surface area contributed by atoms with Crippen molar-refractivity contribution in [1.82, 2.24) is 5.32 Å². The molecule has 2 aromatic carbocycles. The molecule has 0 saturated carbocycles. The maximum Gasteiger partial charge on any atom is 0.264 e. The van der Waals surface area contributed by atoms with Gasteiger partial charge in [-0.1, -0.05) is 23.8 Å². The van der Waals surface area contributed by atoms with Crippen LogP contribution in [0.5, 0.6) is 5.75 Å². The van der Waals surface area contributed by atoms with Gasteiger partial charge in [0.25, 0.3) is 10.0 Å². The lowest BCUT2D eigenvalue weighted by Crippen LogP contribution is -2.35. The first-order chi connectivity index (χ1) is 13.3. The summed E-state index contributed by atoms with van der Waals surface area (Å²) < 4.78 is 33.2. The van der Waals surface area contributed by atoms with Crippen molar-refractivity contribution in [2.75, 3.05) is 24.5 Å². The normalized spacial score (nSPS) is 11.0. The Labute approximate surface area is 166 Å². The summed E-state index contributed by atoms with van der Waals surface area (Å²) in [6.45, 7) is 7.59. The van der Waals surface area contributed by atoms with E-state index in [-0.39, 0.29) is 23.8 Å². The summed E-state index contributed by atoms with van der Waals surface area (Å²) in [6.07, 6.45) is 1.61. The van der Waals surface area contributed by atoms with Crippen molar-refractivity contribution in [2.45, 2.75) is 25.2 Å². The fraction of sp³-hybridized carbons (Fsp3) is 0.286. The van der Waals surface area contributed by atoms with Gasteiger partial charge < -0.3 is 10.1 Å². The van der Waals surface area contributed by atoms with E-state index in [2.05, 4.69) is 11.9 Å². The lowest BCUT2D eigenvalue weighted by molar-refractivity contribution is -0.120. The Morgan fingerprint density at radius 3 is 2.43 bits per heavy atom. The van der Waals surface area contributed by atoms with E-state index in [1.54, 1.807) is 56.5 Å². The molecule has 2 rings (SSSR count). The zero-order valence-electron chi connectivity index (χ0n) is 16.4. The van der Waals surface area contributed by atoms with E-state index in [9.17, 15) is 13.2 Å². The van der Waals surface area contributed by atoms with Gasteiger partial charge in [0.05, 0.1) is 17.7 Å². The number of sulfonamides is 1. The molecule has 0 aliphatic rings. The van der Waals surface area contributed by atoms with Gasteiger partial charge >= 0.3 is 0 Å². The van der Waals surface area contributed by atoms with E-state index < -0.39 is 10.0 Å². The third-order valence-corrected chi connectivity index (χ3v) is 6.23. The van der Waals surface area contributed by atoms with Crippen LogP contribution in [-0.4, -0.2) is 34.5 Å². The zero-order chi connectivity index (χ0) is 20.7. The van der Waals surface area contributed by atoms with Crippen molar-refractivity contribution in [3.8, 4) is 5.75 Å². The highest BCUT2D eigenvalue weighted by atomic mass is 32.2. The summed E-state index contributed by atoms with van der Waals surface area (Å²) in [6, 6.07) is 11.9. The Kier molecular flexibility index (Phi) is 7.23. The highest BCUT2D eigenvalue weighted by molar-refractivity contribution is 7.92. The number of hydrogen-bond donors (Lipinski definition) is 1. The van der Waals surface area contributed by atoms with Crippen LogP contribution in [0, 0.1) is 13.8 Å². The first-order valence-corrected chi connectivity index (χ1v) is 10.3. The molecule has 7 heteroatoms. The van der Waals surface area contributed by atoms with Crippen molar-refractivity contribution in [1.29, 1.82) is 0 Å². The number of aryl methyl sites for hydroxylation is 2. The van der Waals surface area contributed by atoms with Crippen LogP contribution < -0.4 is 14.4 Å². The second kappa shape index (κ2) is 9.41. The maximum atomic E-state index is 13.4. The third-order valence-electron chi connectivity index (χ3n) is 4.24. The molecule has 2 aromatic rings. The average molecular weight is 403 g/mol. The molecule has 0 heterocycles. The van der Waals surface area contributed by atoms with E-state index in [1.807, 2.05) is 13.0 Å². The number of nitrogens with zero attached hydrogens (tertiary/aromatic N) is 1. The van der Waals surface area contributed by atoms with Crippen molar-refractivity contribution < 1.29 is 17.9 Å². The van der Waals surface area contributed by atoms with E-state index >= 15 is 0 Å². The zero-order valence-corrected chi connectivity index (χ0v) is 17.3. The number of ether oxygens (including phenoxy) is 1. The van der Waals surface area contributed by atoms with Crippen molar-refractivity contribution >= 4 is 21.6 Å². The highest BCUT2D eigenvalue weighted by Crippen LogP contribution is 2.28. The SMILES string of the molecule is C=CCNC(=O)CCN(c1ccc(OC)cc1)S(=O)(=O)c1ccc(C)cc1C. The molecule has 0 aliphatic heterocycles. The van der Waals surface area contributed by atoms with E-state index in [0.29, 0.717) is 23.5 Å². The minimum absolute atomic E-state index is 0.0188. The molecule has 0 bridgehead atoms. The number of anilines is 1. The van der Waals surface area contributed by atoms with Gasteiger partial charge in [0, 0.05) is 19.5 Å². The Bertz CT molecular complexity index is 937. The summed E-state index contributed by atoms with van der Waals surface area (Å²) >= 11 is 0. The molecular weight excluding hydrogens is 376 g/mol. The molecule has 1 N–H and O–H groups in total. The number of carbonyl (C=O) groups is 1. The molecule has 0 atom stereocenters. The number of amides is 1. The van der Waals surface area contributed by atoms with E-state index in [4.69, 9.17) is 4.74 Å². The molecule has 150 valence electrons. The van der Waals surface area contributed by atoms with Gasteiger partial charge in [0.1, 0.15) is 5.75 Å². The third kappa shape index (κ3) is 5.13. The molecule has 0 saturated heterocycles. The van der Waals surface area contributed by atoms with Gasteiger partial charge in [-0.3, -0.25) is 9.10 Å².